The number of rotatable bonds is 5. The van der Waals surface area contributed by atoms with Crippen LogP contribution in [0.3, 0.4) is 0 Å². The molecule has 0 N–H and O–H groups in total. The molecule has 1 saturated carbocycles. The largest absolute Gasteiger partial charge is 0.496 e. The van der Waals surface area contributed by atoms with Gasteiger partial charge in [-0.3, -0.25) is 4.18 Å². The average molecular weight is 360 g/mol. The molecular weight excluding hydrogens is 336 g/mol. The van der Waals surface area contributed by atoms with Crippen LogP contribution in [0.25, 0.3) is 0 Å². The summed E-state index contributed by atoms with van der Waals surface area (Å²) in [5.41, 5.74) is 2.04. The molecule has 0 aliphatic heterocycles. The van der Waals surface area contributed by atoms with Gasteiger partial charge in [-0.05, 0) is 43.5 Å². The Labute approximate surface area is 149 Å². The van der Waals surface area contributed by atoms with Crippen molar-refractivity contribution >= 4 is 10.1 Å². The topological polar surface area (TPSA) is 52.6 Å². The van der Waals surface area contributed by atoms with Crippen molar-refractivity contribution in [1.29, 1.82) is 0 Å². The third-order valence-electron chi connectivity index (χ3n) is 4.80. The first kappa shape index (κ1) is 18.0. The smallest absolute Gasteiger partial charge is 0.297 e. The maximum Gasteiger partial charge on any atom is 0.297 e. The molecule has 0 bridgehead atoms. The van der Waals surface area contributed by atoms with Gasteiger partial charge in [0.15, 0.2) is 0 Å². The fraction of sp³-hybridized carbons (Fsp3) is 0.400. The van der Waals surface area contributed by atoms with E-state index in [2.05, 4.69) is 0 Å². The SMILES string of the molecule is COc1ccccc1[C@H]1CCCC[C@@H]1OS(=O)(=O)c1ccc(C)cc1. The molecule has 0 aromatic heterocycles. The maximum absolute atomic E-state index is 12.7. The van der Waals surface area contributed by atoms with Crippen LogP contribution >= 0.6 is 0 Å². The fourth-order valence-corrected chi connectivity index (χ4v) is 4.60. The summed E-state index contributed by atoms with van der Waals surface area (Å²) in [6.07, 6.45) is 3.30. The van der Waals surface area contributed by atoms with E-state index in [-0.39, 0.29) is 16.9 Å². The first-order valence-electron chi connectivity index (χ1n) is 8.64. The molecule has 0 spiro atoms. The van der Waals surface area contributed by atoms with E-state index in [1.807, 2.05) is 31.2 Å². The molecule has 1 aliphatic carbocycles. The number of hydrogen-bond donors (Lipinski definition) is 0. The van der Waals surface area contributed by atoms with Crippen molar-refractivity contribution in [1.82, 2.24) is 0 Å². The molecule has 2 atom stereocenters. The first-order valence-corrected chi connectivity index (χ1v) is 10.0. The number of hydrogen-bond acceptors (Lipinski definition) is 4. The standard InChI is InChI=1S/C20H24O4S/c1-15-11-13-16(14-12-15)25(21,22)24-20-10-6-4-8-18(20)17-7-3-5-9-19(17)23-2/h3,5,7,9,11-14,18,20H,4,6,8,10H2,1-2H3/t18-,20+/m1/s1. The van der Waals surface area contributed by atoms with E-state index in [4.69, 9.17) is 8.92 Å². The lowest BCUT2D eigenvalue weighted by atomic mass is 9.81. The highest BCUT2D eigenvalue weighted by atomic mass is 32.2. The van der Waals surface area contributed by atoms with Gasteiger partial charge in [0.25, 0.3) is 10.1 Å². The molecule has 25 heavy (non-hydrogen) atoms. The Bertz CT molecular complexity index is 812. The molecule has 134 valence electrons. The monoisotopic (exact) mass is 360 g/mol. The molecular formula is C20H24O4S. The van der Waals surface area contributed by atoms with Gasteiger partial charge in [-0.15, -0.1) is 0 Å². The van der Waals surface area contributed by atoms with Crippen molar-refractivity contribution in [3.05, 3.63) is 59.7 Å². The molecule has 2 aromatic rings. The highest BCUT2D eigenvalue weighted by Gasteiger charge is 2.33. The van der Waals surface area contributed by atoms with Crippen molar-refractivity contribution in [2.45, 2.75) is 49.5 Å². The molecule has 0 radical (unpaired) electrons. The van der Waals surface area contributed by atoms with Gasteiger partial charge in [-0.25, -0.2) is 0 Å². The number of methoxy groups -OCH3 is 1. The minimum atomic E-state index is -3.78. The van der Waals surface area contributed by atoms with Crippen LogP contribution in [0.15, 0.2) is 53.4 Å². The van der Waals surface area contributed by atoms with Gasteiger partial charge < -0.3 is 4.74 Å². The van der Waals surface area contributed by atoms with Crippen LogP contribution in [0.4, 0.5) is 0 Å². The lowest BCUT2D eigenvalue weighted by molar-refractivity contribution is 0.135. The van der Waals surface area contributed by atoms with Crippen LogP contribution in [0, 0.1) is 6.92 Å². The molecule has 0 heterocycles. The van der Waals surface area contributed by atoms with Crippen LogP contribution in [0.1, 0.15) is 42.7 Å². The van der Waals surface area contributed by atoms with E-state index in [1.54, 1.807) is 31.4 Å². The second-order valence-corrected chi connectivity index (χ2v) is 8.11. The minimum Gasteiger partial charge on any atom is -0.496 e. The van der Waals surface area contributed by atoms with Gasteiger partial charge in [-0.1, -0.05) is 48.7 Å². The number of ether oxygens (including phenoxy) is 1. The van der Waals surface area contributed by atoms with Gasteiger partial charge in [0.2, 0.25) is 0 Å². The molecule has 5 heteroatoms. The zero-order chi connectivity index (χ0) is 17.9. The minimum absolute atomic E-state index is 0.0186. The third-order valence-corrected chi connectivity index (χ3v) is 6.15. The lowest BCUT2D eigenvalue weighted by Crippen LogP contribution is -2.29. The van der Waals surface area contributed by atoms with Crippen LogP contribution in [-0.4, -0.2) is 21.6 Å². The molecule has 3 rings (SSSR count). The average Bonchev–Trinajstić information content (AvgIpc) is 2.62. The molecule has 1 fully saturated rings. The van der Waals surface area contributed by atoms with Crippen molar-refractivity contribution in [3.63, 3.8) is 0 Å². The lowest BCUT2D eigenvalue weighted by Gasteiger charge is -2.32. The Morgan fingerprint density at radius 2 is 1.64 bits per heavy atom. The molecule has 1 aliphatic rings. The fourth-order valence-electron chi connectivity index (χ4n) is 3.46. The summed E-state index contributed by atoms with van der Waals surface area (Å²) in [7, 11) is -2.14. The summed E-state index contributed by atoms with van der Waals surface area (Å²) in [6.45, 7) is 1.93. The Hall–Kier alpha value is -1.85. The summed E-state index contributed by atoms with van der Waals surface area (Å²) < 4.78 is 36.5. The van der Waals surface area contributed by atoms with E-state index in [0.29, 0.717) is 0 Å². The molecule has 0 amide bonds. The van der Waals surface area contributed by atoms with Crippen LogP contribution in [0.2, 0.25) is 0 Å². The Morgan fingerprint density at radius 3 is 2.36 bits per heavy atom. The quantitative estimate of drug-likeness (QED) is 0.740. The maximum atomic E-state index is 12.7. The van der Waals surface area contributed by atoms with Gasteiger partial charge in [-0.2, -0.15) is 8.42 Å². The molecule has 2 aromatic carbocycles. The summed E-state index contributed by atoms with van der Waals surface area (Å²) in [6, 6.07) is 14.6. The van der Waals surface area contributed by atoms with Crippen molar-refractivity contribution in [2.24, 2.45) is 0 Å². The second kappa shape index (κ2) is 7.58. The summed E-state index contributed by atoms with van der Waals surface area (Å²) in [5, 5.41) is 0. The summed E-state index contributed by atoms with van der Waals surface area (Å²) >= 11 is 0. The molecule has 0 unspecified atom stereocenters. The zero-order valence-electron chi connectivity index (χ0n) is 14.6. The van der Waals surface area contributed by atoms with E-state index in [9.17, 15) is 8.42 Å². The van der Waals surface area contributed by atoms with E-state index in [1.165, 1.54) is 0 Å². The highest BCUT2D eigenvalue weighted by molar-refractivity contribution is 7.86. The summed E-state index contributed by atoms with van der Waals surface area (Å²) in [4.78, 5) is 0.211. The third kappa shape index (κ3) is 4.05. The number of para-hydroxylation sites is 1. The Kier molecular flexibility index (Phi) is 5.45. The van der Waals surface area contributed by atoms with E-state index in [0.717, 1.165) is 42.6 Å². The van der Waals surface area contributed by atoms with Crippen molar-refractivity contribution < 1.29 is 17.3 Å². The zero-order valence-corrected chi connectivity index (χ0v) is 15.5. The first-order chi connectivity index (χ1) is 12.0. The van der Waals surface area contributed by atoms with Gasteiger partial charge in [0.1, 0.15) is 5.75 Å². The van der Waals surface area contributed by atoms with Gasteiger partial charge >= 0.3 is 0 Å². The van der Waals surface area contributed by atoms with E-state index >= 15 is 0 Å². The molecule has 0 saturated heterocycles. The van der Waals surface area contributed by atoms with Crippen LogP contribution < -0.4 is 4.74 Å². The van der Waals surface area contributed by atoms with Crippen LogP contribution in [-0.2, 0) is 14.3 Å². The Morgan fingerprint density at radius 1 is 0.960 bits per heavy atom. The normalized spacial score (nSPS) is 21.0. The highest BCUT2D eigenvalue weighted by Crippen LogP contribution is 2.40. The predicted molar refractivity (Wildman–Crippen MR) is 97.4 cm³/mol. The predicted octanol–water partition coefficient (Wildman–Crippen LogP) is 4.44. The van der Waals surface area contributed by atoms with Gasteiger partial charge in [0.05, 0.1) is 18.1 Å². The van der Waals surface area contributed by atoms with Crippen molar-refractivity contribution in [3.8, 4) is 5.75 Å². The second-order valence-electron chi connectivity index (χ2n) is 6.53. The summed E-state index contributed by atoms with van der Waals surface area (Å²) in [5.74, 6) is 0.806. The van der Waals surface area contributed by atoms with E-state index < -0.39 is 10.1 Å². The molecule has 4 nitrogen and oxygen atoms in total. The number of benzene rings is 2. The Balaban J connectivity index is 1.87. The van der Waals surface area contributed by atoms with Crippen LogP contribution in [0.5, 0.6) is 5.75 Å². The van der Waals surface area contributed by atoms with Gasteiger partial charge in [0, 0.05) is 5.92 Å². The van der Waals surface area contributed by atoms with Crippen molar-refractivity contribution in [2.75, 3.05) is 7.11 Å². The number of aryl methyl sites for hydroxylation is 1.